The maximum absolute atomic E-state index is 12.3. The highest BCUT2D eigenvalue weighted by Crippen LogP contribution is 2.25. The summed E-state index contributed by atoms with van der Waals surface area (Å²) in [6.07, 6.45) is 0. The lowest BCUT2D eigenvalue weighted by molar-refractivity contribution is 0.0462. The quantitative estimate of drug-likeness (QED) is 0.415. The van der Waals surface area contributed by atoms with E-state index in [1.54, 1.807) is 5.38 Å². The molecular weight excluding hydrogens is 376 g/mol. The number of benzene rings is 2. The van der Waals surface area contributed by atoms with Crippen LogP contribution in [0.5, 0.6) is 0 Å². The fourth-order valence-electron chi connectivity index (χ4n) is 2.50. The van der Waals surface area contributed by atoms with Crippen molar-refractivity contribution in [3.63, 3.8) is 0 Å². The summed E-state index contributed by atoms with van der Waals surface area (Å²) in [6, 6.07) is 18.0. The van der Waals surface area contributed by atoms with E-state index in [0.29, 0.717) is 5.69 Å². The molecule has 2 aromatic carbocycles. The third-order valence-electron chi connectivity index (χ3n) is 3.94. The molecule has 0 N–H and O–H groups in total. The molecule has 0 amide bonds. The zero-order valence-corrected chi connectivity index (χ0v) is 16.2. The molecule has 2 heterocycles. The van der Waals surface area contributed by atoms with Crippen LogP contribution in [0.1, 0.15) is 21.7 Å². The number of carbonyl (C=O) groups is 1. The molecule has 0 atom stereocenters. The first kappa shape index (κ1) is 17.6. The lowest BCUT2D eigenvalue weighted by atomic mass is 10.2. The first-order valence-corrected chi connectivity index (χ1v) is 10.1. The maximum atomic E-state index is 12.3. The topological polar surface area (TPSA) is 52.1 Å². The van der Waals surface area contributed by atoms with Crippen LogP contribution in [0.2, 0.25) is 0 Å². The van der Waals surface area contributed by atoms with E-state index in [9.17, 15) is 4.79 Å². The average molecular weight is 393 g/mol. The summed E-state index contributed by atoms with van der Waals surface area (Å²) in [7, 11) is 0. The van der Waals surface area contributed by atoms with E-state index in [1.807, 2.05) is 66.9 Å². The molecule has 4 rings (SSSR count). The van der Waals surface area contributed by atoms with Crippen LogP contribution in [0.15, 0.2) is 65.4 Å². The second kappa shape index (κ2) is 7.82. The van der Waals surface area contributed by atoms with Gasteiger partial charge in [0.2, 0.25) is 0 Å². The van der Waals surface area contributed by atoms with Crippen molar-refractivity contribution in [3.05, 3.63) is 82.3 Å². The first-order chi connectivity index (χ1) is 13.2. The predicted molar refractivity (Wildman–Crippen MR) is 109 cm³/mol. The van der Waals surface area contributed by atoms with Crippen molar-refractivity contribution in [3.8, 4) is 21.1 Å². The molecule has 4 nitrogen and oxygen atoms in total. The number of carbonyl (C=O) groups excluding carboxylic acids is 1. The average Bonchev–Trinajstić information content (AvgIpc) is 3.37. The Morgan fingerprint density at radius 3 is 2.33 bits per heavy atom. The van der Waals surface area contributed by atoms with Gasteiger partial charge in [0.25, 0.3) is 0 Å². The second-order valence-electron chi connectivity index (χ2n) is 5.99. The van der Waals surface area contributed by atoms with Crippen molar-refractivity contribution >= 4 is 28.6 Å². The summed E-state index contributed by atoms with van der Waals surface area (Å²) in [5.74, 6) is -0.432. The van der Waals surface area contributed by atoms with Crippen LogP contribution in [0.3, 0.4) is 0 Å². The molecule has 0 aliphatic rings. The van der Waals surface area contributed by atoms with Gasteiger partial charge in [-0.3, -0.25) is 0 Å². The molecule has 4 aromatic rings. The lowest BCUT2D eigenvalue weighted by Gasteiger charge is -2.00. The minimum atomic E-state index is -0.432. The molecule has 0 saturated carbocycles. The number of hydrogen-bond acceptors (Lipinski definition) is 6. The van der Waals surface area contributed by atoms with Crippen LogP contribution >= 0.6 is 22.7 Å². The molecule has 27 heavy (non-hydrogen) atoms. The van der Waals surface area contributed by atoms with Gasteiger partial charge >= 0.3 is 5.97 Å². The standard InChI is InChI=1S/C21H16N2O2S2/c1-14-7-9-16(10-8-14)20-23-18(13-27-20)21(24)25-11-17-12-26-19(22-17)15-5-3-2-4-6-15/h2-10,12-13H,11H2,1H3. The van der Waals surface area contributed by atoms with Crippen LogP contribution in [-0.2, 0) is 11.3 Å². The normalized spacial score (nSPS) is 10.7. The van der Waals surface area contributed by atoms with Gasteiger partial charge in [0.15, 0.2) is 5.69 Å². The van der Waals surface area contributed by atoms with E-state index in [0.717, 1.165) is 26.8 Å². The van der Waals surface area contributed by atoms with Gasteiger partial charge in [-0.1, -0.05) is 60.2 Å². The monoisotopic (exact) mass is 392 g/mol. The van der Waals surface area contributed by atoms with Gasteiger partial charge in [-0.2, -0.15) is 0 Å². The summed E-state index contributed by atoms with van der Waals surface area (Å²) < 4.78 is 5.38. The molecule has 2 aromatic heterocycles. The van der Waals surface area contributed by atoms with Gasteiger partial charge in [-0.25, -0.2) is 14.8 Å². The number of rotatable bonds is 5. The molecule has 0 spiro atoms. The van der Waals surface area contributed by atoms with Gasteiger partial charge in [0.1, 0.15) is 16.6 Å². The van der Waals surface area contributed by atoms with E-state index in [4.69, 9.17) is 4.74 Å². The number of aromatic nitrogens is 2. The lowest BCUT2D eigenvalue weighted by Crippen LogP contribution is -2.05. The molecule has 0 unspecified atom stereocenters. The number of nitrogens with zero attached hydrogens (tertiary/aromatic N) is 2. The summed E-state index contributed by atoms with van der Waals surface area (Å²) in [6.45, 7) is 2.18. The second-order valence-corrected chi connectivity index (χ2v) is 7.71. The fraction of sp³-hybridized carbons (Fsp3) is 0.0952. The van der Waals surface area contributed by atoms with Crippen molar-refractivity contribution in [2.45, 2.75) is 13.5 Å². The van der Waals surface area contributed by atoms with Crippen LogP contribution in [0, 0.1) is 6.92 Å². The number of thiazole rings is 2. The SMILES string of the molecule is Cc1ccc(-c2nc(C(=O)OCc3csc(-c4ccccc4)n3)cs2)cc1. The number of aryl methyl sites for hydroxylation is 1. The van der Waals surface area contributed by atoms with Gasteiger partial charge in [-0.05, 0) is 6.92 Å². The van der Waals surface area contributed by atoms with Crippen molar-refractivity contribution in [2.24, 2.45) is 0 Å². The Morgan fingerprint density at radius 2 is 1.56 bits per heavy atom. The predicted octanol–water partition coefficient (Wildman–Crippen LogP) is 5.60. The molecule has 134 valence electrons. The van der Waals surface area contributed by atoms with Crippen LogP contribution < -0.4 is 0 Å². The molecule has 0 aliphatic heterocycles. The Balaban J connectivity index is 1.40. The van der Waals surface area contributed by atoms with E-state index >= 15 is 0 Å². The maximum Gasteiger partial charge on any atom is 0.358 e. The molecule has 6 heteroatoms. The van der Waals surface area contributed by atoms with Crippen LogP contribution in [0.25, 0.3) is 21.1 Å². The van der Waals surface area contributed by atoms with Crippen LogP contribution in [0.4, 0.5) is 0 Å². The van der Waals surface area contributed by atoms with Crippen molar-refractivity contribution < 1.29 is 9.53 Å². The van der Waals surface area contributed by atoms with Gasteiger partial charge in [-0.15, -0.1) is 22.7 Å². The fourth-order valence-corrected chi connectivity index (χ4v) is 4.10. The number of hydrogen-bond donors (Lipinski definition) is 0. The van der Waals surface area contributed by atoms with E-state index < -0.39 is 5.97 Å². The van der Waals surface area contributed by atoms with Crippen molar-refractivity contribution in [2.75, 3.05) is 0 Å². The Morgan fingerprint density at radius 1 is 0.889 bits per heavy atom. The van der Waals surface area contributed by atoms with E-state index in [-0.39, 0.29) is 6.61 Å². The largest absolute Gasteiger partial charge is 0.454 e. The smallest absolute Gasteiger partial charge is 0.358 e. The van der Waals surface area contributed by atoms with Crippen LogP contribution in [-0.4, -0.2) is 15.9 Å². The van der Waals surface area contributed by atoms with Gasteiger partial charge in [0, 0.05) is 21.9 Å². The summed E-state index contributed by atoms with van der Waals surface area (Å²) in [5.41, 5.74) is 4.31. The highest BCUT2D eigenvalue weighted by Gasteiger charge is 2.14. The minimum Gasteiger partial charge on any atom is -0.454 e. The summed E-state index contributed by atoms with van der Waals surface area (Å²) >= 11 is 2.97. The van der Waals surface area contributed by atoms with E-state index in [2.05, 4.69) is 9.97 Å². The number of ether oxygens (including phenoxy) is 1. The zero-order chi connectivity index (χ0) is 18.6. The molecule has 0 radical (unpaired) electrons. The molecule has 0 aliphatic carbocycles. The first-order valence-electron chi connectivity index (χ1n) is 8.38. The Hall–Kier alpha value is -2.83. The third kappa shape index (κ3) is 4.13. The van der Waals surface area contributed by atoms with E-state index in [1.165, 1.54) is 28.2 Å². The Bertz CT molecular complexity index is 1050. The highest BCUT2D eigenvalue weighted by atomic mass is 32.1. The zero-order valence-electron chi connectivity index (χ0n) is 14.6. The summed E-state index contributed by atoms with van der Waals surface area (Å²) in [5, 5.41) is 5.36. The van der Waals surface area contributed by atoms with Crippen molar-refractivity contribution in [1.29, 1.82) is 0 Å². The minimum absolute atomic E-state index is 0.138. The molecule has 0 bridgehead atoms. The number of esters is 1. The molecular formula is C21H16N2O2S2. The molecule has 0 fully saturated rings. The molecule has 0 saturated heterocycles. The van der Waals surface area contributed by atoms with Crippen molar-refractivity contribution in [1.82, 2.24) is 9.97 Å². The van der Waals surface area contributed by atoms with Gasteiger partial charge in [0.05, 0.1) is 5.69 Å². The third-order valence-corrected chi connectivity index (χ3v) is 5.77. The Labute approximate surface area is 165 Å². The summed E-state index contributed by atoms with van der Waals surface area (Å²) in [4.78, 5) is 21.2. The highest BCUT2D eigenvalue weighted by molar-refractivity contribution is 7.13. The van der Waals surface area contributed by atoms with Gasteiger partial charge < -0.3 is 4.74 Å². The Kier molecular flexibility index (Phi) is 5.09.